The minimum Gasteiger partial charge on any atom is -0.360 e. The number of hydrogen-bond acceptors (Lipinski definition) is 4. The Morgan fingerprint density at radius 3 is 2.81 bits per heavy atom. The SMILES string of the molecule is CNC(C)CNC(=O)c1c(-c2ccccc2Cl)noc1C. The molecule has 2 aromatic rings. The van der Waals surface area contributed by atoms with Crippen molar-refractivity contribution >= 4 is 17.5 Å². The fourth-order valence-electron chi connectivity index (χ4n) is 1.91. The van der Waals surface area contributed by atoms with Crippen LogP contribution in [0.4, 0.5) is 0 Å². The van der Waals surface area contributed by atoms with Crippen molar-refractivity contribution in [1.29, 1.82) is 0 Å². The van der Waals surface area contributed by atoms with Gasteiger partial charge in [-0.1, -0.05) is 35.0 Å². The van der Waals surface area contributed by atoms with E-state index in [2.05, 4.69) is 15.8 Å². The first-order chi connectivity index (χ1) is 10.0. The molecule has 112 valence electrons. The molecule has 21 heavy (non-hydrogen) atoms. The quantitative estimate of drug-likeness (QED) is 0.891. The number of benzene rings is 1. The van der Waals surface area contributed by atoms with E-state index < -0.39 is 0 Å². The highest BCUT2D eigenvalue weighted by Gasteiger charge is 2.22. The van der Waals surface area contributed by atoms with E-state index in [-0.39, 0.29) is 11.9 Å². The number of nitrogens with one attached hydrogen (secondary N) is 2. The fourth-order valence-corrected chi connectivity index (χ4v) is 2.14. The number of aryl methyl sites for hydroxylation is 1. The molecule has 1 aromatic heterocycles. The Hall–Kier alpha value is -1.85. The molecule has 1 heterocycles. The smallest absolute Gasteiger partial charge is 0.257 e. The van der Waals surface area contributed by atoms with Gasteiger partial charge in [-0.05, 0) is 27.0 Å². The van der Waals surface area contributed by atoms with Gasteiger partial charge in [0.05, 0.1) is 5.02 Å². The zero-order valence-corrected chi connectivity index (χ0v) is 13.0. The van der Waals surface area contributed by atoms with Gasteiger partial charge in [0, 0.05) is 18.2 Å². The molecule has 0 saturated carbocycles. The maximum Gasteiger partial charge on any atom is 0.257 e. The number of likely N-dealkylation sites (N-methyl/N-ethyl adjacent to an activating group) is 1. The topological polar surface area (TPSA) is 67.2 Å². The largest absolute Gasteiger partial charge is 0.360 e. The normalized spacial score (nSPS) is 12.2. The van der Waals surface area contributed by atoms with Crippen LogP contribution in [0.15, 0.2) is 28.8 Å². The van der Waals surface area contributed by atoms with E-state index >= 15 is 0 Å². The van der Waals surface area contributed by atoms with E-state index in [0.717, 1.165) is 0 Å². The van der Waals surface area contributed by atoms with Crippen LogP contribution in [0, 0.1) is 6.92 Å². The number of hydrogen-bond donors (Lipinski definition) is 2. The Kier molecular flexibility index (Phi) is 4.98. The summed E-state index contributed by atoms with van der Waals surface area (Å²) in [7, 11) is 1.84. The Bertz CT molecular complexity index is 640. The molecule has 2 N–H and O–H groups in total. The molecule has 5 nitrogen and oxygen atoms in total. The highest BCUT2D eigenvalue weighted by Crippen LogP contribution is 2.30. The molecule has 6 heteroatoms. The van der Waals surface area contributed by atoms with Gasteiger partial charge in [0.1, 0.15) is 17.0 Å². The molecule has 0 aliphatic rings. The first-order valence-electron chi connectivity index (χ1n) is 6.71. The molecular weight excluding hydrogens is 290 g/mol. The molecule has 1 atom stereocenters. The lowest BCUT2D eigenvalue weighted by molar-refractivity contribution is 0.0949. The van der Waals surface area contributed by atoms with Crippen LogP contribution in [0.25, 0.3) is 11.3 Å². The Labute approximate surface area is 128 Å². The van der Waals surface area contributed by atoms with Crippen LogP contribution in [0.2, 0.25) is 5.02 Å². The molecule has 1 aromatic carbocycles. The molecule has 1 amide bonds. The number of rotatable bonds is 5. The molecule has 0 saturated heterocycles. The van der Waals surface area contributed by atoms with E-state index in [4.69, 9.17) is 16.1 Å². The zero-order valence-electron chi connectivity index (χ0n) is 12.2. The highest BCUT2D eigenvalue weighted by molar-refractivity contribution is 6.33. The number of carbonyl (C=O) groups is 1. The lowest BCUT2D eigenvalue weighted by Gasteiger charge is -2.11. The second-order valence-electron chi connectivity index (χ2n) is 4.84. The first kappa shape index (κ1) is 15.5. The van der Waals surface area contributed by atoms with Crippen LogP contribution in [-0.2, 0) is 0 Å². The summed E-state index contributed by atoms with van der Waals surface area (Å²) in [4.78, 5) is 12.4. The molecule has 0 aliphatic carbocycles. The zero-order chi connectivity index (χ0) is 15.4. The summed E-state index contributed by atoms with van der Waals surface area (Å²) in [5, 5.41) is 10.4. The summed E-state index contributed by atoms with van der Waals surface area (Å²) >= 11 is 6.17. The van der Waals surface area contributed by atoms with Gasteiger partial charge in [0.25, 0.3) is 5.91 Å². The molecule has 0 fully saturated rings. The Balaban J connectivity index is 2.31. The van der Waals surface area contributed by atoms with Gasteiger partial charge < -0.3 is 15.2 Å². The van der Waals surface area contributed by atoms with Crippen molar-refractivity contribution in [3.05, 3.63) is 40.6 Å². The van der Waals surface area contributed by atoms with Crippen LogP contribution in [0.3, 0.4) is 0 Å². The van der Waals surface area contributed by atoms with Crippen LogP contribution >= 0.6 is 11.6 Å². The molecule has 1 unspecified atom stereocenters. The lowest BCUT2D eigenvalue weighted by atomic mass is 10.1. The van der Waals surface area contributed by atoms with E-state index in [1.54, 1.807) is 13.0 Å². The summed E-state index contributed by atoms with van der Waals surface area (Å²) in [6.45, 7) is 4.21. The lowest BCUT2D eigenvalue weighted by Crippen LogP contribution is -2.37. The summed E-state index contributed by atoms with van der Waals surface area (Å²) in [5.41, 5.74) is 1.57. The van der Waals surface area contributed by atoms with Crippen molar-refractivity contribution in [2.75, 3.05) is 13.6 Å². The summed E-state index contributed by atoms with van der Waals surface area (Å²) in [5.74, 6) is 0.255. The molecule has 0 bridgehead atoms. The molecule has 0 spiro atoms. The second-order valence-corrected chi connectivity index (χ2v) is 5.25. The molecule has 2 rings (SSSR count). The predicted octanol–water partition coefficient (Wildman–Crippen LogP) is 2.64. The number of nitrogens with zero attached hydrogens (tertiary/aromatic N) is 1. The molecule has 0 aliphatic heterocycles. The third-order valence-corrected chi connectivity index (χ3v) is 3.61. The van der Waals surface area contributed by atoms with Crippen LogP contribution in [0.5, 0.6) is 0 Å². The third kappa shape index (κ3) is 3.43. The maximum absolute atomic E-state index is 12.4. The van der Waals surface area contributed by atoms with Crippen molar-refractivity contribution in [2.45, 2.75) is 19.9 Å². The van der Waals surface area contributed by atoms with Crippen molar-refractivity contribution in [1.82, 2.24) is 15.8 Å². The summed E-state index contributed by atoms with van der Waals surface area (Å²) in [6, 6.07) is 7.42. The minimum atomic E-state index is -0.217. The van der Waals surface area contributed by atoms with Gasteiger partial charge >= 0.3 is 0 Å². The van der Waals surface area contributed by atoms with Crippen molar-refractivity contribution in [3.63, 3.8) is 0 Å². The van der Waals surface area contributed by atoms with Crippen molar-refractivity contribution in [3.8, 4) is 11.3 Å². The number of halogens is 1. The number of amides is 1. The summed E-state index contributed by atoms with van der Waals surface area (Å²) in [6.07, 6.45) is 0. The van der Waals surface area contributed by atoms with E-state index in [1.165, 1.54) is 0 Å². The fraction of sp³-hybridized carbons (Fsp3) is 0.333. The van der Waals surface area contributed by atoms with Crippen molar-refractivity contribution < 1.29 is 9.32 Å². The van der Waals surface area contributed by atoms with Crippen molar-refractivity contribution in [2.24, 2.45) is 0 Å². The predicted molar refractivity (Wildman–Crippen MR) is 82.5 cm³/mol. The molecular formula is C15H18ClN3O2. The van der Waals surface area contributed by atoms with Crippen LogP contribution < -0.4 is 10.6 Å². The van der Waals surface area contributed by atoms with Crippen LogP contribution in [0.1, 0.15) is 23.0 Å². The van der Waals surface area contributed by atoms with Gasteiger partial charge in [-0.2, -0.15) is 0 Å². The van der Waals surface area contributed by atoms with Gasteiger partial charge in [-0.25, -0.2) is 0 Å². The number of aromatic nitrogens is 1. The number of carbonyl (C=O) groups excluding carboxylic acids is 1. The van der Waals surface area contributed by atoms with E-state index in [1.807, 2.05) is 32.2 Å². The van der Waals surface area contributed by atoms with Crippen LogP contribution in [-0.4, -0.2) is 30.7 Å². The van der Waals surface area contributed by atoms with Gasteiger partial charge in [-0.3, -0.25) is 4.79 Å². The first-order valence-corrected chi connectivity index (χ1v) is 7.09. The second kappa shape index (κ2) is 6.74. The summed E-state index contributed by atoms with van der Waals surface area (Å²) < 4.78 is 5.17. The third-order valence-electron chi connectivity index (χ3n) is 3.28. The Morgan fingerprint density at radius 1 is 1.43 bits per heavy atom. The standard InChI is InChI=1S/C15H18ClN3O2/c1-9(17-3)8-18-15(20)13-10(2)21-19-14(13)11-6-4-5-7-12(11)16/h4-7,9,17H,8H2,1-3H3,(H,18,20). The average Bonchev–Trinajstić information content (AvgIpc) is 2.86. The maximum atomic E-state index is 12.4. The highest BCUT2D eigenvalue weighted by atomic mass is 35.5. The average molecular weight is 308 g/mol. The van der Waals surface area contributed by atoms with Gasteiger partial charge in [0.15, 0.2) is 0 Å². The molecule has 0 radical (unpaired) electrons. The van der Waals surface area contributed by atoms with Gasteiger partial charge in [0.2, 0.25) is 0 Å². The Morgan fingerprint density at radius 2 is 2.14 bits per heavy atom. The van der Waals surface area contributed by atoms with E-state index in [9.17, 15) is 4.79 Å². The van der Waals surface area contributed by atoms with E-state index in [0.29, 0.717) is 34.1 Å². The minimum absolute atomic E-state index is 0.179. The van der Waals surface area contributed by atoms with Gasteiger partial charge in [-0.15, -0.1) is 0 Å². The monoisotopic (exact) mass is 307 g/mol.